The van der Waals surface area contributed by atoms with E-state index in [0.717, 1.165) is 36.4 Å². The molecule has 0 spiro atoms. The van der Waals surface area contributed by atoms with Crippen LogP contribution in [0.1, 0.15) is 22.5 Å². The molecule has 0 radical (unpaired) electrons. The van der Waals surface area contributed by atoms with Gasteiger partial charge in [0.1, 0.15) is 23.9 Å². The Morgan fingerprint density at radius 1 is 1.15 bits per heavy atom. The Labute approximate surface area is 157 Å². The van der Waals surface area contributed by atoms with E-state index in [-0.39, 0.29) is 12.4 Å². The van der Waals surface area contributed by atoms with Crippen LogP contribution in [0.25, 0.3) is 11.3 Å². The predicted molar refractivity (Wildman–Crippen MR) is 100 cm³/mol. The molecule has 0 saturated heterocycles. The second-order valence-electron chi connectivity index (χ2n) is 6.53. The Balaban J connectivity index is 1.52. The largest absolute Gasteiger partial charge is 0.384 e. The molecule has 1 aliphatic heterocycles. The lowest BCUT2D eigenvalue weighted by Gasteiger charge is -2.26. The Morgan fingerprint density at radius 3 is 2.74 bits per heavy atom. The number of nitrogens with zero attached hydrogens (tertiary/aromatic N) is 2. The second kappa shape index (κ2) is 7.75. The Hall–Kier alpha value is -2.94. The lowest BCUT2D eigenvalue weighted by atomic mass is 10.0. The van der Waals surface area contributed by atoms with Gasteiger partial charge in [-0.05, 0) is 29.8 Å². The van der Waals surface area contributed by atoms with Gasteiger partial charge in [-0.2, -0.15) is 0 Å². The lowest BCUT2D eigenvalue weighted by Crippen LogP contribution is -2.29. The van der Waals surface area contributed by atoms with Crippen molar-refractivity contribution in [2.45, 2.75) is 19.5 Å². The smallest absolute Gasteiger partial charge is 0.143 e. The van der Waals surface area contributed by atoms with E-state index in [0.29, 0.717) is 17.8 Å². The third-order valence-corrected chi connectivity index (χ3v) is 4.71. The van der Waals surface area contributed by atoms with Crippen molar-refractivity contribution in [1.82, 2.24) is 10.1 Å². The van der Waals surface area contributed by atoms with Crippen LogP contribution in [0.3, 0.4) is 0 Å². The normalized spacial score (nSPS) is 13.7. The fourth-order valence-electron chi connectivity index (χ4n) is 3.36. The molecule has 0 atom stereocenters. The van der Waals surface area contributed by atoms with Crippen LogP contribution in [0.5, 0.6) is 0 Å². The van der Waals surface area contributed by atoms with Crippen molar-refractivity contribution in [3.63, 3.8) is 0 Å². The van der Waals surface area contributed by atoms with Gasteiger partial charge in [-0.15, -0.1) is 0 Å². The van der Waals surface area contributed by atoms with Crippen LogP contribution >= 0.6 is 0 Å². The summed E-state index contributed by atoms with van der Waals surface area (Å²) >= 11 is 0. The molecule has 5 heteroatoms. The average Bonchev–Trinajstić information content (AvgIpc) is 3.11. The summed E-state index contributed by atoms with van der Waals surface area (Å²) in [5, 5.41) is 12.9. The van der Waals surface area contributed by atoms with Crippen LogP contribution in [0.4, 0.5) is 4.39 Å². The molecule has 2 aromatic carbocycles. The first-order valence-corrected chi connectivity index (χ1v) is 8.88. The molecule has 0 bridgehead atoms. The van der Waals surface area contributed by atoms with E-state index in [4.69, 9.17) is 9.63 Å². The first kappa shape index (κ1) is 17.5. The van der Waals surface area contributed by atoms with Gasteiger partial charge in [-0.1, -0.05) is 41.3 Å². The molecule has 136 valence electrons. The van der Waals surface area contributed by atoms with Gasteiger partial charge >= 0.3 is 0 Å². The Bertz CT molecular complexity index is 999. The van der Waals surface area contributed by atoms with Gasteiger partial charge in [0.25, 0.3) is 0 Å². The highest BCUT2D eigenvalue weighted by atomic mass is 19.1. The van der Waals surface area contributed by atoms with E-state index < -0.39 is 0 Å². The summed E-state index contributed by atoms with van der Waals surface area (Å²) in [6.07, 6.45) is 0.761. The van der Waals surface area contributed by atoms with Crippen LogP contribution in [0.15, 0.2) is 53.1 Å². The summed E-state index contributed by atoms with van der Waals surface area (Å²) in [5.74, 6) is 6.10. The molecule has 0 saturated carbocycles. The minimum Gasteiger partial charge on any atom is -0.384 e. The van der Waals surface area contributed by atoms with E-state index >= 15 is 0 Å². The van der Waals surface area contributed by atoms with E-state index in [2.05, 4.69) is 21.9 Å². The topological polar surface area (TPSA) is 49.5 Å². The van der Waals surface area contributed by atoms with Gasteiger partial charge in [0, 0.05) is 42.7 Å². The standard InChI is InChI=1S/C22H19FN2O2/c23-20-6-2-1-5-18(20)22-19-15-25(12-11-21(19)27-24-22)14-17-9-7-16(8-10-17)4-3-13-26/h1-2,5-10,26H,11-15H2. The number of benzene rings is 2. The molecular weight excluding hydrogens is 343 g/mol. The number of aliphatic hydroxyl groups is 1. The molecule has 1 N–H and O–H groups in total. The maximum Gasteiger partial charge on any atom is 0.143 e. The second-order valence-corrected chi connectivity index (χ2v) is 6.53. The van der Waals surface area contributed by atoms with E-state index in [9.17, 15) is 4.39 Å². The quantitative estimate of drug-likeness (QED) is 0.726. The van der Waals surface area contributed by atoms with Crippen molar-refractivity contribution in [2.24, 2.45) is 0 Å². The van der Waals surface area contributed by atoms with Crippen LogP contribution in [0.2, 0.25) is 0 Å². The van der Waals surface area contributed by atoms with E-state index in [1.165, 1.54) is 11.6 Å². The predicted octanol–water partition coefficient (Wildman–Crippen LogP) is 3.38. The first-order valence-electron chi connectivity index (χ1n) is 8.88. The maximum absolute atomic E-state index is 14.2. The highest BCUT2D eigenvalue weighted by Gasteiger charge is 2.26. The SMILES string of the molecule is OCC#Cc1ccc(CN2CCc3onc(-c4ccccc4F)c3C2)cc1. The number of aliphatic hydroxyl groups excluding tert-OH is 1. The molecule has 4 nitrogen and oxygen atoms in total. The molecule has 0 fully saturated rings. The maximum atomic E-state index is 14.2. The van der Waals surface area contributed by atoms with Gasteiger partial charge < -0.3 is 9.63 Å². The zero-order valence-corrected chi connectivity index (χ0v) is 14.8. The van der Waals surface area contributed by atoms with Gasteiger partial charge in [0.15, 0.2) is 0 Å². The highest BCUT2D eigenvalue weighted by molar-refractivity contribution is 5.64. The number of aromatic nitrogens is 1. The van der Waals surface area contributed by atoms with Crippen LogP contribution in [-0.2, 0) is 19.5 Å². The summed E-state index contributed by atoms with van der Waals surface area (Å²) in [4.78, 5) is 2.30. The number of fused-ring (bicyclic) bond motifs is 1. The van der Waals surface area contributed by atoms with Crippen molar-refractivity contribution in [2.75, 3.05) is 13.2 Å². The molecule has 0 amide bonds. The molecular formula is C22H19FN2O2. The van der Waals surface area contributed by atoms with Gasteiger partial charge in [0.2, 0.25) is 0 Å². The van der Waals surface area contributed by atoms with Crippen molar-refractivity contribution >= 4 is 0 Å². The van der Waals surface area contributed by atoms with Gasteiger partial charge in [-0.25, -0.2) is 4.39 Å². The number of hydrogen-bond donors (Lipinski definition) is 1. The summed E-state index contributed by atoms with van der Waals surface area (Å²) in [7, 11) is 0. The summed E-state index contributed by atoms with van der Waals surface area (Å²) < 4.78 is 19.6. The van der Waals surface area contributed by atoms with Gasteiger partial charge in [-0.3, -0.25) is 4.90 Å². The molecule has 27 heavy (non-hydrogen) atoms. The highest BCUT2D eigenvalue weighted by Crippen LogP contribution is 2.31. The molecule has 3 aromatic rings. The zero-order chi connectivity index (χ0) is 18.6. The monoisotopic (exact) mass is 362 g/mol. The fraction of sp³-hybridized carbons (Fsp3) is 0.227. The van der Waals surface area contributed by atoms with Gasteiger partial charge in [0.05, 0.1) is 0 Å². The molecule has 1 aromatic heterocycles. The Morgan fingerprint density at radius 2 is 1.96 bits per heavy atom. The zero-order valence-electron chi connectivity index (χ0n) is 14.8. The molecule has 0 unspecified atom stereocenters. The van der Waals surface area contributed by atoms with Crippen LogP contribution in [-0.4, -0.2) is 28.3 Å². The van der Waals surface area contributed by atoms with Crippen LogP contribution < -0.4 is 0 Å². The van der Waals surface area contributed by atoms with Crippen molar-refractivity contribution in [1.29, 1.82) is 0 Å². The lowest BCUT2D eigenvalue weighted by molar-refractivity contribution is 0.228. The van der Waals surface area contributed by atoms with Crippen molar-refractivity contribution in [3.05, 3.63) is 76.8 Å². The molecule has 2 heterocycles. The number of rotatable bonds is 3. The minimum absolute atomic E-state index is 0.138. The van der Waals surface area contributed by atoms with Crippen molar-refractivity contribution < 1.29 is 14.0 Å². The minimum atomic E-state index is -0.287. The third kappa shape index (κ3) is 3.77. The summed E-state index contributed by atoms with van der Waals surface area (Å²) in [6, 6.07) is 14.7. The average molecular weight is 362 g/mol. The van der Waals surface area contributed by atoms with E-state index in [1.54, 1.807) is 18.2 Å². The first-order chi connectivity index (χ1) is 13.2. The fourth-order valence-corrected chi connectivity index (χ4v) is 3.36. The number of halogens is 1. The summed E-state index contributed by atoms with van der Waals surface area (Å²) in [6.45, 7) is 2.19. The third-order valence-electron chi connectivity index (χ3n) is 4.71. The van der Waals surface area contributed by atoms with E-state index in [1.807, 2.05) is 24.3 Å². The van der Waals surface area contributed by atoms with Crippen LogP contribution in [0, 0.1) is 17.7 Å². The molecule has 0 aliphatic carbocycles. The summed E-state index contributed by atoms with van der Waals surface area (Å²) in [5.41, 5.74) is 4.11. The Kier molecular flexibility index (Phi) is 5.01. The molecule has 1 aliphatic rings. The number of hydrogen-bond acceptors (Lipinski definition) is 4. The van der Waals surface area contributed by atoms with Crippen molar-refractivity contribution in [3.8, 4) is 23.1 Å². The molecule has 4 rings (SSSR count).